The summed E-state index contributed by atoms with van der Waals surface area (Å²) in [7, 11) is 1.82. The molecule has 0 spiro atoms. The van der Waals surface area contributed by atoms with Crippen molar-refractivity contribution >= 4 is 28.3 Å². The van der Waals surface area contributed by atoms with Crippen molar-refractivity contribution in [1.29, 1.82) is 0 Å². The second-order valence-electron chi connectivity index (χ2n) is 4.43. The third-order valence-electron chi connectivity index (χ3n) is 3.19. The molecule has 0 atom stereocenters. The number of hydrogen-bond donors (Lipinski definition) is 1. The molecule has 0 unspecified atom stereocenters. The number of para-hydroxylation sites is 1. The monoisotopic (exact) mass is 285 g/mol. The molecule has 3 aromatic rings. The first kappa shape index (κ1) is 12.8. The third-order valence-corrected chi connectivity index (χ3v) is 3.50. The van der Waals surface area contributed by atoms with Crippen LogP contribution in [0, 0.1) is 0 Å². The van der Waals surface area contributed by atoms with Crippen molar-refractivity contribution < 1.29 is 4.42 Å². The van der Waals surface area contributed by atoms with E-state index in [2.05, 4.69) is 5.32 Å². The quantitative estimate of drug-likeness (QED) is 0.719. The maximum absolute atomic E-state index is 12.1. The van der Waals surface area contributed by atoms with Crippen LogP contribution in [0.15, 0.2) is 57.7 Å². The van der Waals surface area contributed by atoms with Gasteiger partial charge in [0.15, 0.2) is 0 Å². The number of benzene rings is 2. The van der Waals surface area contributed by atoms with Crippen LogP contribution < -0.4 is 10.9 Å². The minimum atomic E-state index is -0.386. The van der Waals surface area contributed by atoms with E-state index in [0.29, 0.717) is 21.7 Å². The largest absolute Gasteiger partial charge is 0.422 e. The number of fused-ring (bicyclic) bond motifs is 1. The summed E-state index contributed by atoms with van der Waals surface area (Å²) in [6.07, 6.45) is 0. The fourth-order valence-electron chi connectivity index (χ4n) is 2.14. The molecular weight excluding hydrogens is 274 g/mol. The van der Waals surface area contributed by atoms with Crippen molar-refractivity contribution in [2.24, 2.45) is 0 Å². The number of nitrogens with one attached hydrogen (secondary N) is 1. The van der Waals surface area contributed by atoms with Gasteiger partial charge in [-0.15, -0.1) is 0 Å². The predicted molar refractivity (Wildman–Crippen MR) is 82.5 cm³/mol. The first-order valence-corrected chi connectivity index (χ1v) is 6.57. The topological polar surface area (TPSA) is 42.2 Å². The fourth-order valence-corrected chi connectivity index (χ4v) is 2.42. The lowest BCUT2D eigenvalue weighted by Gasteiger charge is -2.07. The molecule has 20 heavy (non-hydrogen) atoms. The van der Waals surface area contributed by atoms with Gasteiger partial charge in [-0.1, -0.05) is 35.9 Å². The standard InChI is InChI=1S/C16H12ClNO2/c1-18-11-6-7-12(14(17)9-11)13-8-10-4-2-3-5-15(10)20-16(13)19/h2-9,18H,1H3. The summed E-state index contributed by atoms with van der Waals surface area (Å²) in [6, 6.07) is 14.7. The fraction of sp³-hybridized carbons (Fsp3) is 0.0625. The summed E-state index contributed by atoms with van der Waals surface area (Å²) in [6.45, 7) is 0. The first-order chi connectivity index (χ1) is 9.69. The van der Waals surface area contributed by atoms with Crippen LogP contribution in [0.25, 0.3) is 22.1 Å². The van der Waals surface area contributed by atoms with Crippen molar-refractivity contribution in [3.05, 3.63) is 64.0 Å². The van der Waals surface area contributed by atoms with E-state index < -0.39 is 0 Å². The van der Waals surface area contributed by atoms with Crippen molar-refractivity contribution in [2.45, 2.75) is 0 Å². The molecule has 0 aliphatic heterocycles. The summed E-state index contributed by atoms with van der Waals surface area (Å²) in [5.41, 5.74) is 2.22. The zero-order valence-electron chi connectivity index (χ0n) is 10.8. The van der Waals surface area contributed by atoms with Crippen LogP contribution in [0.2, 0.25) is 5.02 Å². The summed E-state index contributed by atoms with van der Waals surface area (Å²) >= 11 is 6.25. The Morgan fingerprint density at radius 3 is 2.60 bits per heavy atom. The van der Waals surface area contributed by atoms with Crippen LogP contribution in [0.4, 0.5) is 5.69 Å². The van der Waals surface area contributed by atoms with Gasteiger partial charge in [0.25, 0.3) is 0 Å². The first-order valence-electron chi connectivity index (χ1n) is 6.19. The lowest BCUT2D eigenvalue weighted by Crippen LogP contribution is -2.03. The molecule has 0 radical (unpaired) electrons. The average molecular weight is 286 g/mol. The second-order valence-corrected chi connectivity index (χ2v) is 4.84. The number of halogens is 1. The Bertz CT molecular complexity index is 839. The van der Waals surface area contributed by atoms with Gasteiger partial charge in [0, 0.05) is 23.7 Å². The molecule has 0 amide bonds. The second kappa shape index (κ2) is 5.02. The Labute approximate surface area is 120 Å². The van der Waals surface area contributed by atoms with Crippen LogP contribution in [0.3, 0.4) is 0 Å². The van der Waals surface area contributed by atoms with E-state index in [9.17, 15) is 4.79 Å². The van der Waals surface area contributed by atoms with Crippen LogP contribution in [-0.4, -0.2) is 7.05 Å². The van der Waals surface area contributed by atoms with Gasteiger partial charge in [0.2, 0.25) is 0 Å². The molecule has 3 rings (SSSR count). The Morgan fingerprint density at radius 2 is 1.85 bits per heavy atom. The molecule has 0 saturated carbocycles. The molecule has 3 nitrogen and oxygen atoms in total. The highest BCUT2D eigenvalue weighted by molar-refractivity contribution is 6.33. The maximum Gasteiger partial charge on any atom is 0.344 e. The molecular formula is C16H12ClNO2. The summed E-state index contributed by atoms with van der Waals surface area (Å²) in [4.78, 5) is 12.1. The van der Waals surface area contributed by atoms with Gasteiger partial charge < -0.3 is 9.73 Å². The van der Waals surface area contributed by atoms with Gasteiger partial charge in [0.05, 0.1) is 10.6 Å². The highest BCUT2D eigenvalue weighted by Gasteiger charge is 2.11. The average Bonchev–Trinajstić information content (AvgIpc) is 2.46. The van der Waals surface area contributed by atoms with E-state index in [4.69, 9.17) is 16.0 Å². The SMILES string of the molecule is CNc1ccc(-c2cc3ccccc3oc2=O)c(Cl)c1. The summed E-state index contributed by atoms with van der Waals surface area (Å²) in [5.74, 6) is 0. The van der Waals surface area contributed by atoms with Crippen LogP contribution in [0.5, 0.6) is 0 Å². The van der Waals surface area contributed by atoms with E-state index in [1.807, 2.05) is 37.4 Å². The highest BCUT2D eigenvalue weighted by atomic mass is 35.5. The van der Waals surface area contributed by atoms with E-state index in [0.717, 1.165) is 11.1 Å². The molecule has 0 fully saturated rings. The summed E-state index contributed by atoms with van der Waals surface area (Å²) < 4.78 is 5.33. The van der Waals surface area contributed by atoms with Crippen molar-refractivity contribution in [3.63, 3.8) is 0 Å². The van der Waals surface area contributed by atoms with E-state index in [-0.39, 0.29) is 5.63 Å². The van der Waals surface area contributed by atoms with Crippen molar-refractivity contribution in [1.82, 2.24) is 0 Å². The van der Waals surface area contributed by atoms with Crippen molar-refractivity contribution in [2.75, 3.05) is 12.4 Å². The van der Waals surface area contributed by atoms with Gasteiger partial charge in [-0.3, -0.25) is 0 Å². The Kier molecular flexibility index (Phi) is 3.20. The normalized spacial score (nSPS) is 10.7. The molecule has 4 heteroatoms. The minimum absolute atomic E-state index is 0.386. The predicted octanol–water partition coefficient (Wildman–Crippen LogP) is 4.16. The molecule has 1 aromatic heterocycles. The number of anilines is 1. The third kappa shape index (κ3) is 2.17. The van der Waals surface area contributed by atoms with Crippen LogP contribution in [-0.2, 0) is 0 Å². The van der Waals surface area contributed by atoms with Gasteiger partial charge >= 0.3 is 5.63 Å². The minimum Gasteiger partial charge on any atom is -0.422 e. The smallest absolute Gasteiger partial charge is 0.344 e. The lowest BCUT2D eigenvalue weighted by molar-refractivity contribution is 0.563. The van der Waals surface area contributed by atoms with Gasteiger partial charge in [0.1, 0.15) is 5.58 Å². The molecule has 1 heterocycles. The Morgan fingerprint density at radius 1 is 1.05 bits per heavy atom. The lowest BCUT2D eigenvalue weighted by atomic mass is 10.1. The Balaban J connectivity index is 2.24. The van der Waals surface area contributed by atoms with Gasteiger partial charge in [-0.2, -0.15) is 0 Å². The molecule has 0 aliphatic carbocycles. The van der Waals surface area contributed by atoms with Crippen LogP contribution >= 0.6 is 11.6 Å². The molecule has 1 N–H and O–H groups in total. The molecule has 0 bridgehead atoms. The molecule has 0 saturated heterocycles. The molecule has 100 valence electrons. The van der Waals surface area contributed by atoms with Gasteiger partial charge in [-0.25, -0.2) is 4.79 Å². The van der Waals surface area contributed by atoms with E-state index >= 15 is 0 Å². The number of rotatable bonds is 2. The zero-order chi connectivity index (χ0) is 14.1. The molecule has 0 aliphatic rings. The van der Waals surface area contributed by atoms with Crippen LogP contribution in [0.1, 0.15) is 0 Å². The number of hydrogen-bond acceptors (Lipinski definition) is 3. The molecule has 2 aromatic carbocycles. The van der Waals surface area contributed by atoms with E-state index in [1.165, 1.54) is 0 Å². The zero-order valence-corrected chi connectivity index (χ0v) is 11.6. The maximum atomic E-state index is 12.1. The summed E-state index contributed by atoms with van der Waals surface area (Å²) in [5, 5.41) is 4.39. The van der Waals surface area contributed by atoms with E-state index in [1.54, 1.807) is 18.2 Å². The van der Waals surface area contributed by atoms with Gasteiger partial charge in [-0.05, 0) is 24.3 Å². The van der Waals surface area contributed by atoms with Crippen molar-refractivity contribution in [3.8, 4) is 11.1 Å². The Hall–Kier alpha value is -2.26. The highest BCUT2D eigenvalue weighted by Crippen LogP contribution is 2.29.